The fraction of sp³-hybridized carbons (Fsp3) is 0.208. The summed E-state index contributed by atoms with van der Waals surface area (Å²) in [5, 5.41) is 2.60. The lowest BCUT2D eigenvalue weighted by Gasteiger charge is -2.13. The number of para-hydroxylation sites is 1. The van der Waals surface area contributed by atoms with E-state index in [0.717, 1.165) is 16.7 Å². The van der Waals surface area contributed by atoms with Gasteiger partial charge in [0.2, 0.25) is 5.91 Å². The number of hydrogen-bond acceptors (Lipinski definition) is 5. The van der Waals surface area contributed by atoms with Crippen LogP contribution in [0, 0.1) is 20.8 Å². The normalized spacial score (nSPS) is 11.7. The molecule has 2 N–H and O–H groups in total. The van der Waals surface area contributed by atoms with Gasteiger partial charge >= 0.3 is 0 Å². The molecule has 0 aromatic heterocycles. The van der Waals surface area contributed by atoms with Gasteiger partial charge in [-0.25, -0.2) is 16.8 Å². The predicted octanol–water partition coefficient (Wildman–Crippen LogP) is 4.22. The number of rotatable bonds is 8. The topological polar surface area (TPSA) is 109 Å². The van der Waals surface area contributed by atoms with Crippen LogP contribution in [0.4, 0.5) is 11.4 Å². The highest BCUT2D eigenvalue weighted by molar-refractivity contribution is 7.92. The highest BCUT2D eigenvalue weighted by Crippen LogP contribution is 2.24. The van der Waals surface area contributed by atoms with Gasteiger partial charge < -0.3 is 5.32 Å². The molecule has 3 aromatic rings. The Morgan fingerprint density at radius 3 is 1.88 bits per heavy atom. The molecule has 0 unspecified atom stereocenters. The average Bonchev–Trinajstić information content (AvgIpc) is 2.76. The summed E-state index contributed by atoms with van der Waals surface area (Å²) in [6, 6.07) is 17.6. The molecular formula is C24H26N2O5S2. The van der Waals surface area contributed by atoms with Crippen molar-refractivity contribution >= 4 is 37.1 Å². The summed E-state index contributed by atoms with van der Waals surface area (Å²) in [5.41, 5.74) is 3.47. The zero-order valence-electron chi connectivity index (χ0n) is 18.6. The fourth-order valence-electron chi connectivity index (χ4n) is 3.20. The molecule has 7 nitrogen and oxygen atoms in total. The Balaban J connectivity index is 1.63. The van der Waals surface area contributed by atoms with Gasteiger partial charge in [-0.3, -0.25) is 9.52 Å². The van der Waals surface area contributed by atoms with Gasteiger partial charge in [0, 0.05) is 12.1 Å². The molecule has 3 aromatic carbocycles. The van der Waals surface area contributed by atoms with Crippen LogP contribution in [0.2, 0.25) is 0 Å². The van der Waals surface area contributed by atoms with Gasteiger partial charge in [-0.05, 0) is 68.3 Å². The first-order valence-corrected chi connectivity index (χ1v) is 13.4. The van der Waals surface area contributed by atoms with E-state index >= 15 is 0 Å². The summed E-state index contributed by atoms with van der Waals surface area (Å²) in [6.07, 6.45) is -0.218. The van der Waals surface area contributed by atoms with Crippen LogP contribution in [-0.2, 0) is 24.7 Å². The molecule has 0 fully saturated rings. The number of aryl methyl sites for hydroxylation is 3. The number of hydrogen-bond donors (Lipinski definition) is 2. The minimum atomic E-state index is -3.81. The van der Waals surface area contributed by atoms with Gasteiger partial charge in [0.1, 0.15) is 0 Å². The summed E-state index contributed by atoms with van der Waals surface area (Å²) in [7, 11) is -7.38. The summed E-state index contributed by atoms with van der Waals surface area (Å²) in [6.45, 7) is 5.51. The van der Waals surface area contributed by atoms with Crippen molar-refractivity contribution in [1.82, 2.24) is 0 Å². The number of anilines is 2. The zero-order chi connectivity index (χ0) is 24.2. The molecule has 0 radical (unpaired) electrons. The van der Waals surface area contributed by atoms with Crippen molar-refractivity contribution in [2.24, 2.45) is 0 Å². The van der Waals surface area contributed by atoms with Crippen LogP contribution in [0.3, 0.4) is 0 Å². The number of carbonyl (C=O) groups excluding carboxylic acids is 1. The van der Waals surface area contributed by atoms with Crippen molar-refractivity contribution in [3.63, 3.8) is 0 Å². The Bertz CT molecular complexity index is 1340. The second-order valence-electron chi connectivity index (χ2n) is 7.83. The summed E-state index contributed by atoms with van der Waals surface area (Å²) in [4.78, 5) is 12.5. The van der Waals surface area contributed by atoms with E-state index in [1.807, 2.05) is 39.0 Å². The van der Waals surface area contributed by atoms with Crippen molar-refractivity contribution in [3.05, 3.63) is 83.4 Å². The van der Waals surface area contributed by atoms with E-state index in [-0.39, 0.29) is 22.0 Å². The van der Waals surface area contributed by atoms with Crippen LogP contribution in [-0.4, -0.2) is 28.5 Å². The molecule has 0 aliphatic rings. The Morgan fingerprint density at radius 1 is 0.758 bits per heavy atom. The maximum absolute atomic E-state index is 12.7. The molecule has 174 valence electrons. The van der Waals surface area contributed by atoms with E-state index in [1.165, 1.54) is 36.4 Å². The summed E-state index contributed by atoms with van der Waals surface area (Å²) >= 11 is 0. The molecule has 0 bridgehead atoms. The third kappa shape index (κ3) is 6.21. The Kier molecular flexibility index (Phi) is 7.24. The molecule has 1 amide bonds. The number of nitrogens with one attached hydrogen (secondary N) is 2. The smallest absolute Gasteiger partial charge is 0.261 e. The Hall–Kier alpha value is -3.17. The molecule has 0 saturated carbocycles. The van der Waals surface area contributed by atoms with Crippen LogP contribution in [0.15, 0.2) is 76.5 Å². The van der Waals surface area contributed by atoms with Gasteiger partial charge in [0.25, 0.3) is 10.0 Å². The molecule has 33 heavy (non-hydrogen) atoms. The fourth-order valence-corrected chi connectivity index (χ4v) is 5.64. The molecule has 0 atom stereocenters. The average molecular weight is 487 g/mol. The lowest BCUT2D eigenvalue weighted by atomic mass is 10.1. The third-order valence-electron chi connectivity index (χ3n) is 5.14. The van der Waals surface area contributed by atoms with E-state index in [0.29, 0.717) is 11.4 Å². The molecule has 9 heteroatoms. The van der Waals surface area contributed by atoms with Gasteiger partial charge in [0.15, 0.2) is 9.84 Å². The number of carbonyl (C=O) groups is 1. The molecule has 0 spiro atoms. The Labute approximate surface area is 194 Å². The lowest BCUT2D eigenvalue weighted by Crippen LogP contribution is -2.18. The third-order valence-corrected chi connectivity index (χ3v) is 8.24. The monoisotopic (exact) mass is 486 g/mol. The Morgan fingerprint density at radius 2 is 1.30 bits per heavy atom. The number of sulfonamides is 1. The van der Waals surface area contributed by atoms with Crippen LogP contribution < -0.4 is 10.0 Å². The zero-order valence-corrected chi connectivity index (χ0v) is 20.3. The lowest BCUT2D eigenvalue weighted by molar-refractivity contribution is -0.115. The first-order valence-electron chi connectivity index (χ1n) is 10.3. The molecule has 0 heterocycles. The highest BCUT2D eigenvalue weighted by Gasteiger charge is 2.18. The molecule has 0 saturated heterocycles. The highest BCUT2D eigenvalue weighted by atomic mass is 32.2. The quantitative estimate of drug-likeness (QED) is 0.496. The van der Waals surface area contributed by atoms with E-state index in [1.54, 1.807) is 12.1 Å². The standard InChI is InChI=1S/C24H26N2O5S2/c1-17-7-11-21(12-8-17)32(28,29)16-15-23(27)25-20-9-13-22(14-10-20)33(30,31)26-24-18(2)5-4-6-19(24)3/h4-14,26H,15-16H2,1-3H3,(H,25,27). The SMILES string of the molecule is Cc1ccc(S(=O)(=O)CCC(=O)Nc2ccc(S(=O)(=O)Nc3c(C)cccc3C)cc2)cc1. The van der Waals surface area contributed by atoms with Crippen molar-refractivity contribution < 1.29 is 21.6 Å². The van der Waals surface area contributed by atoms with E-state index in [4.69, 9.17) is 0 Å². The van der Waals surface area contributed by atoms with Gasteiger partial charge in [0.05, 0.1) is 21.2 Å². The van der Waals surface area contributed by atoms with Crippen LogP contribution in [0.1, 0.15) is 23.1 Å². The molecule has 0 aliphatic carbocycles. The first-order chi connectivity index (χ1) is 15.5. The molecule has 0 aliphatic heterocycles. The minimum Gasteiger partial charge on any atom is -0.326 e. The second kappa shape index (κ2) is 9.76. The number of benzene rings is 3. The van der Waals surface area contributed by atoms with E-state index in [2.05, 4.69) is 10.0 Å². The number of amides is 1. The summed E-state index contributed by atoms with van der Waals surface area (Å²) in [5.74, 6) is -0.802. The van der Waals surface area contributed by atoms with Gasteiger partial charge in [-0.2, -0.15) is 0 Å². The minimum absolute atomic E-state index is 0.0464. The van der Waals surface area contributed by atoms with Crippen LogP contribution in [0.5, 0.6) is 0 Å². The first kappa shape index (κ1) is 24.5. The maximum atomic E-state index is 12.7. The summed E-state index contributed by atoms with van der Waals surface area (Å²) < 4.78 is 52.9. The van der Waals surface area contributed by atoms with E-state index < -0.39 is 25.8 Å². The van der Waals surface area contributed by atoms with Gasteiger partial charge in [-0.15, -0.1) is 0 Å². The van der Waals surface area contributed by atoms with Crippen molar-refractivity contribution in [3.8, 4) is 0 Å². The van der Waals surface area contributed by atoms with Crippen molar-refractivity contribution in [1.29, 1.82) is 0 Å². The number of sulfone groups is 1. The molecular weight excluding hydrogens is 460 g/mol. The predicted molar refractivity (Wildman–Crippen MR) is 130 cm³/mol. The van der Waals surface area contributed by atoms with Crippen LogP contribution >= 0.6 is 0 Å². The van der Waals surface area contributed by atoms with Crippen molar-refractivity contribution in [2.75, 3.05) is 15.8 Å². The molecule has 3 rings (SSSR count). The van der Waals surface area contributed by atoms with Gasteiger partial charge in [-0.1, -0.05) is 35.9 Å². The largest absolute Gasteiger partial charge is 0.326 e. The van der Waals surface area contributed by atoms with Crippen LogP contribution in [0.25, 0.3) is 0 Å². The maximum Gasteiger partial charge on any atom is 0.261 e. The van der Waals surface area contributed by atoms with E-state index in [9.17, 15) is 21.6 Å². The van der Waals surface area contributed by atoms with Crippen molar-refractivity contribution in [2.45, 2.75) is 37.0 Å². The second-order valence-corrected chi connectivity index (χ2v) is 11.6.